The summed E-state index contributed by atoms with van der Waals surface area (Å²) in [6.45, 7) is 4.93. The highest BCUT2D eigenvalue weighted by Gasteiger charge is 2.06. The summed E-state index contributed by atoms with van der Waals surface area (Å²) < 4.78 is 5.70. The molecule has 1 aromatic heterocycles. The normalized spacial score (nSPS) is 11.0. The van der Waals surface area contributed by atoms with Crippen LogP contribution in [0.25, 0.3) is 0 Å². The van der Waals surface area contributed by atoms with E-state index in [9.17, 15) is 4.79 Å². The van der Waals surface area contributed by atoms with E-state index in [-0.39, 0.29) is 6.03 Å². The van der Waals surface area contributed by atoms with E-state index >= 15 is 0 Å². The molecule has 0 fully saturated rings. The van der Waals surface area contributed by atoms with E-state index in [1.165, 1.54) is 5.56 Å². The number of nitrogens with zero attached hydrogens (tertiary/aromatic N) is 2. The molecule has 0 saturated heterocycles. The molecule has 2 amide bonds. The van der Waals surface area contributed by atoms with Gasteiger partial charge in [-0.15, -0.1) is 0 Å². The Bertz CT molecular complexity index is 1030. The molecule has 0 atom stereocenters. The Balaban J connectivity index is 1.71. The van der Waals surface area contributed by atoms with Crippen LogP contribution in [-0.2, 0) is 6.54 Å². The molecular formula is C23H26N6O2. The molecule has 8 nitrogen and oxygen atoms in total. The first-order valence-corrected chi connectivity index (χ1v) is 9.94. The van der Waals surface area contributed by atoms with Gasteiger partial charge in [0.15, 0.2) is 0 Å². The number of rotatable bonds is 6. The molecule has 8 heteroatoms. The van der Waals surface area contributed by atoms with Crippen LogP contribution < -0.4 is 26.4 Å². The van der Waals surface area contributed by atoms with Gasteiger partial charge >= 0.3 is 6.03 Å². The Labute approximate surface area is 181 Å². The van der Waals surface area contributed by atoms with Crippen LogP contribution in [0.2, 0.25) is 0 Å². The zero-order valence-electron chi connectivity index (χ0n) is 17.6. The van der Waals surface area contributed by atoms with Gasteiger partial charge in [-0.3, -0.25) is 5.32 Å². The lowest BCUT2D eigenvalue weighted by Crippen LogP contribution is -2.45. The number of aromatic nitrogens is 1. The molecule has 1 heterocycles. The number of guanidine groups is 1. The van der Waals surface area contributed by atoms with Crippen LogP contribution in [0.1, 0.15) is 18.1 Å². The third-order valence-corrected chi connectivity index (χ3v) is 4.21. The van der Waals surface area contributed by atoms with Crippen molar-refractivity contribution in [1.82, 2.24) is 20.9 Å². The fraction of sp³-hybridized carbons (Fsp3) is 0.174. The minimum Gasteiger partial charge on any atom is -0.439 e. The summed E-state index contributed by atoms with van der Waals surface area (Å²) in [6, 6.07) is 18.3. The summed E-state index contributed by atoms with van der Waals surface area (Å²) >= 11 is 0. The number of amides is 2. The predicted molar refractivity (Wildman–Crippen MR) is 122 cm³/mol. The second kappa shape index (κ2) is 10.6. The summed E-state index contributed by atoms with van der Waals surface area (Å²) in [7, 11) is 0. The maximum atomic E-state index is 12.0. The molecule has 0 radical (unpaired) electrons. The Hall–Kier alpha value is -4.07. The van der Waals surface area contributed by atoms with Gasteiger partial charge in [0.2, 0.25) is 11.8 Å². The van der Waals surface area contributed by atoms with Crippen LogP contribution in [0.4, 0.5) is 16.2 Å². The maximum absolute atomic E-state index is 12.0. The van der Waals surface area contributed by atoms with Gasteiger partial charge in [-0.1, -0.05) is 29.8 Å². The van der Waals surface area contributed by atoms with Crippen molar-refractivity contribution in [2.45, 2.75) is 20.4 Å². The number of hydrogen-bond donors (Lipinski definition) is 4. The van der Waals surface area contributed by atoms with Gasteiger partial charge < -0.3 is 21.1 Å². The molecule has 0 aliphatic carbocycles. The topological polar surface area (TPSA) is 114 Å². The number of ether oxygens (including phenoxy) is 1. The third kappa shape index (κ3) is 7.04. The van der Waals surface area contributed by atoms with Crippen LogP contribution in [-0.4, -0.2) is 23.5 Å². The molecule has 0 unspecified atom stereocenters. The fourth-order valence-electron chi connectivity index (χ4n) is 2.63. The number of nitrogens with one attached hydrogen (secondary N) is 3. The smallest absolute Gasteiger partial charge is 0.321 e. The molecular weight excluding hydrogens is 392 g/mol. The summed E-state index contributed by atoms with van der Waals surface area (Å²) in [5.41, 5.74) is 9.24. The number of anilines is 1. The number of urea groups is 1. The van der Waals surface area contributed by atoms with Crippen LogP contribution in [0.15, 0.2) is 71.9 Å². The predicted octanol–water partition coefficient (Wildman–Crippen LogP) is 3.86. The van der Waals surface area contributed by atoms with E-state index in [4.69, 9.17) is 10.5 Å². The van der Waals surface area contributed by atoms with Crippen molar-refractivity contribution in [3.05, 3.63) is 78.0 Å². The monoisotopic (exact) mass is 418 g/mol. The average molecular weight is 419 g/mol. The Kier molecular flexibility index (Phi) is 7.42. The van der Waals surface area contributed by atoms with Crippen molar-refractivity contribution >= 4 is 23.4 Å². The van der Waals surface area contributed by atoms with Crippen LogP contribution in [0.3, 0.4) is 0 Å². The summed E-state index contributed by atoms with van der Waals surface area (Å²) in [5, 5.41) is 8.62. The number of carbonyl (C=O) groups excluding carboxylic acids is 1. The van der Waals surface area contributed by atoms with E-state index in [2.05, 4.69) is 25.9 Å². The zero-order valence-corrected chi connectivity index (χ0v) is 17.6. The number of nitrogen functional groups attached to an aromatic ring is 1. The molecule has 0 saturated carbocycles. The fourth-order valence-corrected chi connectivity index (χ4v) is 2.63. The van der Waals surface area contributed by atoms with E-state index < -0.39 is 0 Å². The molecule has 0 bridgehead atoms. The quantitative estimate of drug-likeness (QED) is 0.359. The first-order valence-electron chi connectivity index (χ1n) is 9.94. The molecule has 0 spiro atoms. The van der Waals surface area contributed by atoms with Gasteiger partial charge in [-0.2, -0.15) is 0 Å². The summed E-state index contributed by atoms with van der Waals surface area (Å²) in [5.74, 6) is 1.36. The molecule has 0 aliphatic rings. The van der Waals surface area contributed by atoms with E-state index in [0.717, 1.165) is 5.56 Å². The zero-order chi connectivity index (χ0) is 22.1. The van der Waals surface area contributed by atoms with Crippen molar-refractivity contribution in [2.75, 3.05) is 12.3 Å². The van der Waals surface area contributed by atoms with Gasteiger partial charge in [-0.05, 0) is 49.7 Å². The highest BCUT2D eigenvalue weighted by Crippen LogP contribution is 2.23. The van der Waals surface area contributed by atoms with Crippen LogP contribution in [0.5, 0.6) is 11.6 Å². The Morgan fingerprint density at radius 1 is 1.06 bits per heavy atom. The number of benzene rings is 2. The summed E-state index contributed by atoms with van der Waals surface area (Å²) in [6.07, 6.45) is 1.59. The SMILES string of the molecule is CCNC(=O)N/C(=N\c1ccc(Oc2cc(N)ccn2)cc1)NCc1ccc(C)cc1. The first-order chi connectivity index (χ1) is 15.0. The lowest BCUT2D eigenvalue weighted by molar-refractivity contribution is 0.245. The number of nitrogens with two attached hydrogens (primary N) is 1. The highest BCUT2D eigenvalue weighted by molar-refractivity contribution is 5.97. The molecule has 31 heavy (non-hydrogen) atoms. The molecule has 3 aromatic rings. The number of aliphatic imine (C=N–C) groups is 1. The van der Waals surface area contributed by atoms with Gasteiger partial charge in [0.1, 0.15) is 5.75 Å². The van der Waals surface area contributed by atoms with E-state index in [1.54, 1.807) is 42.6 Å². The Morgan fingerprint density at radius 3 is 2.48 bits per heavy atom. The molecule has 0 aliphatic heterocycles. The molecule has 160 valence electrons. The number of carbonyl (C=O) groups is 1. The molecule has 3 rings (SSSR count). The lowest BCUT2D eigenvalue weighted by atomic mass is 10.1. The van der Waals surface area contributed by atoms with Crippen LogP contribution in [0, 0.1) is 6.92 Å². The lowest BCUT2D eigenvalue weighted by Gasteiger charge is -2.12. The Morgan fingerprint density at radius 2 is 1.81 bits per heavy atom. The second-order valence-electron chi connectivity index (χ2n) is 6.81. The van der Waals surface area contributed by atoms with Gasteiger partial charge in [0.05, 0.1) is 5.69 Å². The molecule has 5 N–H and O–H groups in total. The van der Waals surface area contributed by atoms with Crippen molar-refractivity contribution in [3.8, 4) is 11.6 Å². The minimum absolute atomic E-state index is 0.328. The minimum atomic E-state index is -0.328. The van der Waals surface area contributed by atoms with Gasteiger partial charge in [0, 0.05) is 31.0 Å². The van der Waals surface area contributed by atoms with Crippen molar-refractivity contribution in [1.29, 1.82) is 0 Å². The van der Waals surface area contributed by atoms with Gasteiger partial charge in [-0.25, -0.2) is 14.8 Å². The largest absolute Gasteiger partial charge is 0.439 e. The molecule has 2 aromatic carbocycles. The van der Waals surface area contributed by atoms with Crippen molar-refractivity contribution in [3.63, 3.8) is 0 Å². The van der Waals surface area contributed by atoms with E-state index in [0.29, 0.717) is 42.1 Å². The first kappa shape index (κ1) is 21.6. The van der Waals surface area contributed by atoms with Crippen molar-refractivity contribution < 1.29 is 9.53 Å². The standard InChI is InChI=1S/C23H26N6O2/c1-3-25-23(30)29-22(27-15-17-6-4-16(2)5-7-17)28-19-8-10-20(11-9-19)31-21-14-18(24)12-13-26-21/h4-14H,3,15H2,1-2H3,(H2,24,26)(H3,25,27,28,29,30). The number of pyridine rings is 1. The second-order valence-corrected chi connectivity index (χ2v) is 6.81. The van der Waals surface area contributed by atoms with E-state index in [1.807, 2.05) is 38.1 Å². The van der Waals surface area contributed by atoms with Crippen molar-refractivity contribution in [2.24, 2.45) is 4.99 Å². The number of hydrogen-bond acceptors (Lipinski definition) is 5. The third-order valence-electron chi connectivity index (χ3n) is 4.21. The number of aryl methyl sites for hydroxylation is 1. The van der Waals surface area contributed by atoms with Crippen LogP contribution >= 0.6 is 0 Å². The average Bonchev–Trinajstić information content (AvgIpc) is 2.75. The van der Waals surface area contributed by atoms with Gasteiger partial charge in [0.25, 0.3) is 0 Å². The summed E-state index contributed by atoms with van der Waals surface area (Å²) in [4.78, 5) is 20.6. The highest BCUT2D eigenvalue weighted by atomic mass is 16.5. The maximum Gasteiger partial charge on any atom is 0.321 e.